The molecule has 0 amide bonds. The van der Waals surface area contributed by atoms with Gasteiger partial charge in [0.25, 0.3) is 0 Å². The number of nitrogens with one attached hydrogen (secondary N) is 1. The third-order valence-corrected chi connectivity index (χ3v) is 3.21. The molecule has 0 unspecified atom stereocenters. The lowest BCUT2D eigenvalue weighted by Gasteiger charge is -2.08. The Morgan fingerprint density at radius 2 is 2.11 bits per heavy atom. The zero-order valence-electron chi connectivity index (χ0n) is 10.5. The molecule has 4 heteroatoms. The Labute approximate surface area is 117 Å². The maximum Gasteiger partial charge on any atom is 0.146 e. The van der Waals surface area contributed by atoms with E-state index in [0.717, 1.165) is 23.6 Å². The highest BCUT2D eigenvalue weighted by Crippen LogP contribution is 2.24. The van der Waals surface area contributed by atoms with Crippen molar-refractivity contribution in [1.82, 2.24) is 10.3 Å². The van der Waals surface area contributed by atoms with Gasteiger partial charge in [-0.3, -0.25) is 4.98 Å². The molecule has 0 aliphatic heterocycles. The summed E-state index contributed by atoms with van der Waals surface area (Å²) in [7, 11) is 0. The maximum absolute atomic E-state index is 5.93. The Bertz CT molecular complexity index is 570. The van der Waals surface area contributed by atoms with E-state index in [4.69, 9.17) is 16.3 Å². The van der Waals surface area contributed by atoms with Gasteiger partial charge in [-0.15, -0.1) is 0 Å². The van der Waals surface area contributed by atoms with Gasteiger partial charge in [0.2, 0.25) is 0 Å². The van der Waals surface area contributed by atoms with E-state index in [2.05, 4.69) is 10.3 Å². The lowest BCUT2D eigenvalue weighted by molar-refractivity contribution is 0.479. The summed E-state index contributed by atoms with van der Waals surface area (Å²) in [5.41, 5.74) is 1.13. The molecule has 1 heterocycles. The van der Waals surface area contributed by atoms with E-state index in [-0.39, 0.29) is 0 Å². The van der Waals surface area contributed by atoms with Gasteiger partial charge >= 0.3 is 0 Å². The van der Waals surface area contributed by atoms with E-state index in [1.165, 1.54) is 12.8 Å². The van der Waals surface area contributed by atoms with E-state index < -0.39 is 0 Å². The van der Waals surface area contributed by atoms with Gasteiger partial charge in [0.05, 0.1) is 6.20 Å². The van der Waals surface area contributed by atoms with Crippen LogP contribution >= 0.6 is 11.6 Å². The second-order valence-corrected chi connectivity index (χ2v) is 5.18. The van der Waals surface area contributed by atoms with Crippen molar-refractivity contribution in [2.75, 3.05) is 0 Å². The number of pyridine rings is 1. The summed E-state index contributed by atoms with van der Waals surface area (Å²) in [5.74, 6) is 1.46. The van der Waals surface area contributed by atoms with Crippen LogP contribution in [0.5, 0.6) is 11.5 Å². The molecule has 1 aromatic carbocycles. The van der Waals surface area contributed by atoms with Gasteiger partial charge in [0.15, 0.2) is 0 Å². The summed E-state index contributed by atoms with van der Waals surface area (Å²) in [6.45, 7) is 0.838. The number of ether oxygens (including phenoxy) is 1. The van der Waals surface area contributed by atoms with Crippen LogP contribution in [0.2, 0.25) is 5.02 Å². The van der Waals surface area contributed by atoms with Crippen LogP contribution in [0.15, 0.2) is 42.7 Å². The topological polar surface area (TPSA) is 34.1 Å². The number of hydrogen-bond acceptors (Lipinski definition) is 3. The van der Waals surface area contributed by atoms with Gasteiger partial charge in [-0.05, 0) is 42.7 Å². The number of hydrogen-bond donors (Lipinski definition) is 1. The molecule has 1 saturated carbocycles. The minimum absolute atomic E-state index is 0.664. The highest BCUT2D eigenvalue weighted by Gasteiger charge is 2.19. The quantitative estimate of drug-likeness (QED) is 0.901. The molecule has 1 aliphatic carbocycles. The summed E-state index contributed by atoms with van der Waals surface area (Å²) in [6.07, 6.45) is 6.14. The molecule has 1 aliphatic rings. The first kappa shape index (κ1) is 12.5. The van der Waals surface area contributed by atoms with Crippen LogP contribution in [0.25, 0.3) is 0 Å². The van der Waals surface area contributed by atoms with Gasteiger partial charge in [-0.25, -0.2) is 0 Å². The summed E-state index contributed by atoms with van der Waals surface area (Å²) < 4.78 is 5.75. The SMILES string of the molecule is Clc1cccc(Oc2cncc(CNC3CC3)c2)c1. The first-order chi connectivity index (χ1) is 9.29. The second-order valence-electron chi connectivity index (χ2n) is 4.74. The van der Waals surface area contributed by atoms with Crippen molar-refractivity contribution in [1.29, 1.82) is 0 Å². The van der Waals surface area contributed by atoms with Crippen LogP contribution in [0, 0.1) is 0 Å². The molecule has 1 N–H and O–H groups in total. The molecule has 0 saturated heterocycles. The number of nitrogens with zero attached hydrogens (tertiary/aromatic N) is 1. The van der Waals surface area contributed by atoms with Crippen molar-refractivity contribution in [2.45, 2.75) is 25.4 Å². The molecule has 2 aromatic rings. The predicted molar refractivity (Wildman–Crippen MR) is 75.6 cm³/mol. The molecule has 0 atom stereocenters. The Hall–Kier alpha value is -1.58. The largest absolute Gasteiger partial charge is 0.456 e. The van der Waals surface area contributed by atoms with E-state index in [1.807, 2.05) is 30.5 Å². The predicted octanol–water partition coefficient (Wildman–Crippen LogP) is 3.78. The number of aromatic nitrogens is 1. The number of halogens is 1. The van der Waals surface area contributed by atoms with Crippen molar-refractivity contribution >= 4 is 11.6 Å². The number of benzene rings is 1. The fraction of sp³-hybridized carbons (Fsp3) is 0.267. The van der Waals surface area contributed by atoms with E-state index in [1.54, 1.807) is 12.3 Å². The van der Waals surface area contributed by atoms with E-state index >= 15 is 0 Å². The minimum Gasteiger partial charge on any atom is -0.456 e. The minimum atomic E-state index is 0.664. The third-order valence-electron chi connectivity index (χ3n) is 2.97. The van der Waals surface area contributed by atoms with E-state index in [9.17, 15) is 0 Å². The molecule has 0 bridgehead atoms. The van der Waals surface area contributed by atoms with Crippen molar-refractivity contribution in [3.8, 4) is 11.5 Å². The summed E-state index contributed by atoms with van der Waals surface area (Å²) in [5, 5.41) is 4.12. The van der Waals surface area contributed by atoms with Gasteiger partial charge in [-0.2, -0.15) is 0 Å². The molecule has 1 aromatic heterocycles. The molecular formula is C15H15ClN2O. The fourth-order valence-electron chi connectivity index (χ4n) is 1.83. The summed E-state index contributed by atoms with van der Waals surface area (Å²) >= 11 is 5.93. The molecule has 0 spiro atoms. The average molecular weight is 275 g/mol. The lowest BCUT2D eigenvalue weighted by atomic mass is 10.2. The zero-order chi connectivity index (χ0) is 13.1. The molecule has 98 valence electrons. The van der Waals surface area contributed by atoms with Crippen molar-refractivity contribution in [3.63, 3.8) is 0 Å². The van der Waals surface area contributed by atoms with Crippen LogP contribution in [-0.2, 0) is 6.54 Å². The van der Waals surface area contributed by atoms with Crippen LogP contribution in [0.3, 0.4) is 0 Å². The molecule has 0 radical (unpaired) electrons. The van der Waals surface area contributed by atoms with Gasteiger partial charge in [-0.1, -0.05) is 17.7 Å². The van der Waals surface area contributed by atoms with Crippen LogP contribution in [-0.4, -0.2) is 11.0 Å². The van der Waals surface area contributed by atoms with E-state index in [0.29, 0.717) is 11.1 Å². The molecule has 19 heavy (non-hydrogen) atoms. The lowest BCUT2D eigenvalue weighted by Crippen LogP contribution is -2.15. The average Bonchev–Trinajstić information content (AvgIpc) is 3.21. The number of rotatable bonds is 5. The second kappa shape index (κ2) is 5.59. The van der Waals surface area contributed by atoms with Crippen molar-refractivity contribution in [3.05, 3.63) is 53.3 Å². The smallest absolute Gasteiger partial charge is 0.146 e. The fourth-order valence-corrected chi connectivity index (χ4v) is 2.01. The summed E-state index contributed by atoms with van der Waals surface area (Å²) in [6, 6.07) is 10.0. The third kappa shape index (κ3) is 3.69. The van der Waals surface area contributed by atoms with Crippen LogP contribution in [0.1, 0.15) is 18.4 Å². The zero-order valence-corrected chi connectivity index (χ0v) is 11.2. The van der Waals surface area contributed by atoms with Crippen LogP contribution in [0.4, 0.5) is 0 Å². The van der Waals surface area contributed by atoms with Gasteiger partial charge in [0.1, 0.15) is 11.5 Å². The van der Waals surface area contributed by atoms with Crippen LogP contribution < -0.4 is 10.1 Å². The van der Waals surface area contributed by atoms with Gasteiger partial charge in [0, 0.05) is 23.8 Å². The van der Waals surface area contributed by atoms with Crippen molar-refractivity contribution < 1.29 is 4.74 Å². The molecule has 3 nitrogen and oxygen atoms in total. The van der Waals surface area contributed by atoms with Gasteiger partial charge < -0.3 is 10.1 Å². The monoisotopic (exact) mass is 274 g/mol. The Balaban J connectivity index is 1.67. The Kier molecular flexibility index (Phi) is 3.67. The first-order valence-corrected chi connectivity index (χ1v) is 6.78. The maximum atomic E-state index is 5.93. The normalized spacial score (nSPS) is 14.4. The first-order valence-electron chi connectivity index (χ1n) is 6.40. The molecule has 1 fully saturated rings. The Morgan fingerprint density at radius 3 is 2.89 bits per heavy atom. The standard InChI is InChI=1S/C15H15ClN2O/c16-12-2-1-3-14(7-12)19-15-6-11(8-17-10-15)9-18-13-4-5-13/h1-3,6-8,10,13,18H,4-5,9H2. The highest BCUT2D eigenvalue weighted by molar-refractivity contribution is 6.30. The molecular weight excluding hydrogens is 260 g/mol. The Morgan fingerprint density at radius 1 is 1.21 bits per heavy atom. The molecule has 3 rings (SSSR count). The summed E-state index contributed by atoms with van der Waals surface area (Å²) in [4.78, 5) is 4.20. The highest BCUT2D eigenvalue weighted by atomic mass is 35.5. The van der Waals surface area contributed by atoms with Crippen molar-refractivity contribution in [2.24, 2.45) is 0 Å².